The number of methoxy groups -OCH3 is 1. The SMILES string of the molecule is COc1ccccc1CN=C(N)NC1CC(c2cccc(Cl)c2)C1. The van der Waals surface area contributed by atoms with E-state index in [0.29, 0.717) is 24.5 Å². The van der Waals surface area contributed by atoms with E-state index in [1.165, 1.54) is 5.56 Å². The highest BCUT2D eigenvalue weighted by Crippen LogP contribution is 2.37. The highest BCUT2D eigenvalue weighted by molar-refractivity contribution is 6.30. The van der Waals surface area contributed by atoms with Crippen LogP contribution in [0, 0.1) is 0 Å². The zero-order valence-electron chi connectivity index (χ0n) is 13.7. The largest absolute Gasteiger partial charge is 0.496 e. The number of benzene rings is 2. The van der Waals surface area contributed by atoms with Gasteiger partial charge in [-0.2, -0.15) is 0 Å². The average Bonchev–Trinajstić information content (AvgIpc) is 2.56. The van der Waals surface area contributed by atoms with Crippen LogP contribution in [0.3, 0.4) is 0 Å². The molecule has 0 atom stereocenters. The molecule has 2 aromatic carbocycles. The molecule has 0 saturated heterocycles. The molecule has 5 heteroatoms. The first kappa shape index (κ1) is 16.7. The Morgan fingerprint density at radius 3 is 2.79 bits per heavy atom. The minimum absolute atomic E-state index is 0.371. The topological polar surface area (TPSA) is 59.6 Å². The third-order valence-corrected chi connectivity index (χ3v) is 4.66. The number of nitrogens with one attached hydrogen (secondary N) is 1. The Morgan fingerprint density at radius 1 is 1.25 bits per heavy atom. The van der Waals surface area contributed by atoms with Gasteiger partial charge in [-0.05, 0) is 42.5 Å². The number of hydrogen-bond donors (Lipinski definition) is 2. The quantitative estimate of drug-likeness (QED) is 0.643. The highest BCUT2D eigenvalue weighted by Gasteiger charge is 2.30. The van der Waals surface area contributed by atoms with Crippen molar-refractivity contribution in [1.82, 2.24) is 5.32 Å². The fourth-order valence-electron chi connectivity index (χ4n) is 3.03. The lowest BCUT2D eigenvalue weighted by Crippen LogP contribution is -2.46. The average molecular weight is 344 g/mol. The first-order chi connectivity index (χ1) is 11.7. The molecule has 24 heavy (non-hydrogen) atoms. The van der Waals surface area contributed by atoms with Crippen molar-refractivity contribution in [1.29, 1.82) is 0 Å². The van der Waals surface area contributed by atoms with E-state index in [2.05, 4.69) is 16.4 Å². The van der Waals surface area contributed by atoms with E-state index in [1.807, 2.05) is 42.5 Å². The first-order valence-electron chi connectivity index (χ1n) is 8.09. The first-order valence-corrected chi connectivity index (χ1v) is 8.47. The van der Waals surface area contributed by atoms with Gasteiger partial charge < -0.3 is 15.8 Å². The van der Waals surface area contributed by atoms with E-state index in [0.717, 1.165) is 29.2 Å². The zero-order chi connectivity index (χ0) is 16.9. The lowest BCUT2D eigenvalue weighted by atomic mass is 9.76. The van der Waals surface area contributed by atoms with Crippen molar-refractivity contribution in [2.24, 2.45) is 10.7 Å². The van der Waals surface area contributed by atoms with Crippen LogP contribution >= 0.6 is 11.6 Å². The number of aliphatic imine (C=N–C) groups is 1. The second-order valence-corrected chi connectivity index (χ2v) is 6.51. The molecule has 3 rings (SSSR count). The van der Waals surface area contributed by atoms with Gasteiger partial charge in [-0.25, -0.2) is 4.99 Å². The number of hydrogen-bond acceptors (Lipinski definition) is 2. The predicted molar refractivity (Wildman–Crippen MR) is 98.7 cm³/mol. The molecule has 0 aliphatic heterocycles. The van der Waals surface area contributed by atoms with Crippen LogP contribution in [0.25, 0.3) is 0 Å². The van der Waals surface area contributed by atoms with Crippen LogP contribution in [0.5, 0.6) is 5.75 Å². The van der Waals surface area contributed by atoms with Crippen molar-refractivity contribution in [3.05, 3.63) is 64.7 Å². The van der Waals surface area contributed by atoms with Gasteiger partial charge in [0, 0.05) is 16.6 Å². The van der Waals surface area contributed by atoms with E-state index < -0.39 is 0 Å². The number of guanidine groups is 1. The number of para-hydroxylation sites is 1. The molecule has 2 aromatic rings. The fraction of sp³-hybridized carbons (Fsp3) is 0.316. The van der Waals surface area contributed by atoms with E-state index in [-0.39, 0.29) is 0 Å². The van der Waals surface area contributed by atoms with Crippen molar-refractivity contribution in [2.75, 3.05) is 7.11 Å². The summed E-state index contributed by atoms with van der Waals surface area (Å²) < 4.78 is 5.32. The van der Waals surface area contributed by atoms with Crippen molar-refractivity contribution in [3.8, 4) is 5.75 Å². The smallest absolute Gasteiger partial charge is 0.189 e. The summed E-state index contributed by atoms with van der Waals surface area (Å²) in [5, 5.41) is 4.09. The maximum absolute atomic E-state index is 6.05. The Kier molecular flexibility index (Phi) is 5.26. The fourth-order valence-corrected chi connectivity index (χ4v) is 3.23. The maximum atomic E-state index is 6.05. The van der Waals surface area contributed by atoms with Gasteiger partial charge in [0.15, 0.2) is 5.96 Å². The number of rotatable bonds is 5. The lowest BCUT2D eigenvalue weighted by Gasteiger charge is -2.36. The van der Waals surface area contributed by atoms with Gasteiger partial charge in [0.05, 0.1) is 13.7 Å². The van der Waals surface area contributed by atoms with E-state index in [9.17, 15) is 0 Å². The molecule has 0 spiro atoms. The molecule has 0 amide bonds. The molecule has 0 bridgehead atoms. The zero-order valence-corrected chi connectivity index (χ0v) is 14.5. The molecule has 0 radical (unpaired) electrons. The molecule has 0 heterocycles. The summed E-state index contributed by atoms with van der Waals surface area (Å²) in [7, 11) is 1.66. The van der Waals surface area contributed by atoms with Crippen LogP contribution in [0.2, 0.25) is 5.02 Å². The molecule has 126 valence electrons. The van der Waals surface area contributed by atoms with E-state index in [4.69, 9.17) is 22.1 Å². The molecule has 1 aliphatic carbocycles. The summed E-state index contributed by atoms with van der Waals surface area (Å²) in [4.78, 5) is 4.42. The minimum atomic E-state index is 0.371. The predicted octanol–water partition coefficient (Wildman–Crippen LogP) is 3.70. The summed E-state index contributed by atoms with van der Waals surface area (Å²) >= 11 is 6.05. The highest BCUT2D eigenvalue weighted by atomic mass is 35.5. The lowest BCUT2D eigenvalue weighted by molar-refractivity contribution is 0.323. The number of nitrogens with two attached hydrogens (primary N) is 1. The van der Waals surface area contributed by atoms with Gasteiger partial charge in [-0.3, -0.25) is 0 Å². The second-order valence-electron chi connectivity index (χ2n) is 6.08. The van der Waals surface area contributed by atoms with Crippen LogP contribution < -0.4 is 15.8 Å². The molecule has 1 saturated carbocycles. The molecular weight excluding hydrogens is 322 g/mol. The minimum Gasteiger partial charge on any atom is -0.496 e. The van der Waals surface area contributed by atoms with Gasteiger partial charge in [0.2, 0.25) is 0 Å². The molecular formula is C19H22ClN3O. The molecule has 1 aliphatic rings. The van der Waals surface area contributed by atoms with Crippen LogP contribution in [0.1, 0.15) is 29.9 Å². The summed E-state index contributed by atoms with van der Waals surface area (Å²) in [6.45, 7) is 0.507. The Balaban J connectivity index is 1.50. The normalized spacial score (nSPS) is 20.3. The van der Waals surface area contributed by atoms with Crippen LogP contribution in [0.4, 0.5) is 0 Å². The molecule has 4 nitrogen and oxygen atoms in total. The van der Waals surface area contributed by atoms with Gasteiger partial charge in [0.1, 0.15) is 5.75 Å². The standard InChI is InChI=1S/C19H22ClN3O/c1-24-18-8-3-2-5-14(18)12-22-19(21)23-17-10-15(11-17)13-6-4-7-16(20)9-13/h2-9,15,17H,10-12H2,1H3,(H3,21,22,23). The molecule has 0 unspecified atom stereocenters. The van der Waals surface area contributed by atoms with Crippen molar-refractivity contribution in [3.63, 3.8) is 0 Å². The number of ether oxygens (including phenoxy) is 1. The van der Waals surface area contributed by atoms with Gasteiger partial charge >= 0.3 is 0 Å². The van der Waals surface area contributed by atoms with E-state index >= 15 is 0 Å². The Bertz CT molecular complexity index is 726. The number of nitrogens with zero attached hydrogens (tertiary/aromatic N) is 1. The van der Waals surface area contributed by atoms with Crippen molar-refractivity contribution < 1.29 is 4.74 Å². The second kappa shape index (κ2) is 7.58. The Labute approximate surface area is 147 Å². The molecule has 1 fully saturated rings. The van der Waals surface area contributed by atoms with Gasteiger partial charge in [-0.15, -0.1) is 0 Å². The van der Waals surface area contributed by atoms with Crippen LogP contribution in [-0.2, 0) is 6.54 Å². The summed E-state index contributed by atoms with van der Waals surface area (Å²) in [6.07, 6.45) is 2.09. The summed E-state index contributed by atoms with van der Waals surface area (Å²) in [5.74, 6) is 1.86. The van der Waals surface area contributed by atoms with E-state index in [1.54, 1.807) is 7.11 Å². The van der Waals surface area contributed by atoms with Crippen molar-refractivity contribution >= 4 is 17.6 Å². The third kappa shape index (κ3) is 4.01. The number of halogens is 1. The third-order valence-electron chi connectivity index (χ3n) is 4.42. The maximum Gasteiger partial charge on any atom is 0.189 e. The Hall–Kier alpha value is -2.20. The van der Waals surface area contributed by atoms with Crippen LogP contribution in [-0.4, -0.2) is 19.1 Å². The van der Waals surface area contributed by atoms with Gasteiger partial charge in [0.25, 0.3) is 0 Å². The summed E-state index contributed by atoms with van der Waals surface area (Å²) in [6, 6.07) is 16.3. The van der Waals surface area contributed by atoms with Crippen molar-refractivity contribution in [2.45, 2.75) is 31.3 Å². The summed E-state index contributed by atoms with van der Waals surface area (Å²) in [5.41, 5.74) is 8.33. The molecule has 0 aromatic heterocycles. The molecule has 3 N–H and O–H groups in total. The van der Waals surface area contributed by atoms with Crippen LogP contribution in [0.15, 0.2) is 53.5 Å². The Morgan fingerprint density at radius 2 is 2.04 bits per heavy atom. The monoisotopic (exact) mass is 343 g/mol. The van der Waals surface area contributed by atoms with Gasteiger partial charge in [-0.1, -0.05) is 41.9 Å².